The lowest BCUT2D eigenvalue weighted by molar-refractivity contribution is -0.131. The number of hydrogen-bond acceptors (Lipinski definition) is 2. The van der Waals surface area contributed by atoms with E-state index >= 15 is 0 Å². The molecule has 1 amide bonds. The van der Waals surface area contributed by atoms with Gasteiger partial charge < -0.3 is 10.2 Å². The van der Waals surface area contributed by atoms with Gasteiger partial charge in [0.25, 0.3) is 0 Å². The first-order valence-electron chi connectivity index (χ1n) is 8.26. The SMILES string of the molecule is Cl.O=C(CC1CCCCCC1)N1CCC2(CCNC2)C1. The van der Waals surface area contributed by atoms with E-state index in [-0.39, 0.29) is 12.4 Å². The van der Waals surface area contributed by atoms with Gasteiger partial charge in [-0.3, -0.25) is 4.79 Å². The molecule has 3 fully saturated rings. The van der Waals surface area contributed by atoms with Crippen LogP contribution in [0.25, 0.3) is 0 Å². The van der Waals surface area contributed by atoms with E-state index in [0.717, 1.165) is 32.6 Å². The van der Waals surface area contributed by atoms with E-state index in [9.17, 15) is 4.79 Å². The maximum atomic E-state index is 12.5. The van der Waals surface area contributed by atoms with E-state index in [1.165, 1.54) is 51.4 Å². The molecule has 3 nitrogen and oxygen atoms in total. The van der Waals surface area contributed by atoms with Crippen molar-refractivity contribution in [2.24, 2.45) is 11.3 Å². The van der Waals surface area contributed by atoms with Crippen LogP contribution in [0.15, 0.2) is 0 Å². The van der Waals surface area contributed by atoms with Crippen LogP contribution in [-0.2, 0) is 4.79 Å². The molecule has 3 aliphatic rings. The minimum atomic E-state index is 0. The lowest BCUT2D eigenvalue weighted by atomic mass is 9.86. The van der Waals surface area contributed by atoms with Gasteiger partial charge in [-0.15, -0.1) is 12.4 Å². The highest BCUT2D eigenvalue weighted by Crippen LogP contribution is 2.37. The topological polar surface area (TPSA) is 32.3 Å². The Morgan fingerprint density at radius 1 is 1.15 bits per heavy atom. The van der Waals surface area contributed by atoms with Crippen molar-refractivity contribution in [1.82, 2.24) is 10.2 Å². The lowest BCUT2D eigenvalue weighted by Crippen LogP contribution is -2.34. The van der Waals surface area contributed by atoms with E-state index in [1.807, 2.05) is 0 Å². The summed E-state index contributed by atoms with van der Waals surface area (Å²) in [5, 5.41) is 3.47. The molecule has 1 aliphatic carbocycles. The molecule has 2 saturated heterocycles. The van der Waals surface area contributed by atoms with E-state index in [2.05, 4.69) is 10.2 Å². The van der Waals surface area contributed by atoms with Crippen LogP contribution in [0.4, 0.5) is 0 Å². The van der Waals surface area contributed by atoms with Gasteiger partial charge in [0, 0.05) is 31.5 Å². The second kappa shape index (κ2) is 7.13. The molecular formula is C16H29ClN2O. The Hall–Kier alpha value is -0.280. The fraction of sp³-hybridized carbons (Fsp3) is 0.938. The van der Waals surface area contributed by atoms with E-state index in [1.54, 1.807) is 0 Å². The van der Waals surface area contributed by atoms with Crippen molar-refractivity contribution in [2.45, 2.75) is 57.8 Å². The Morgan fingerprint density at radius 2 is 1.90 bits per heavy atom. The number of nitrogens with one attached hydrogen (secondary N) is 1. The van der Waals surface area contributed by atoms with Crippen molar-refractivity contribution < 1.29 is 4.79 Å². The number of hydrogen-bond donors (Lipinski definition) is 1. The van der Waals surface area contributed by atoms with Gasteiger partial charge in [-0.1, -0.05) is 25.7 Å². The van der Waals surface area contributed by atoms with Gasteiger partial charge in [0.2, 0.25) is 5.91 Å². The molecular weight excluding hydrogens is 272 g/mol. The molecule has 1 unspecified atom stereocenters. The van der Waals surface area contributed by atoms with Gasteiger partial charge in [0.1, 0.15) is 0 Å². The molecule has 20 heavy (non-hydrogen) atoms. The summed E-state index contributed by atoms with van der Waals surface area (Å²) in [4.78, 5) is 14.6. The third kappa shape index (κ3) is 3.67. The molecule has 1 atom stereocenters. The fourth-order valence-corrected chi connectivity index (χ4v) is 4.24. The van der Waals surface area contributed by atoms with Gasteiger partial charge in [-0.2, -0.15) is 0 Å². The Labute approximate surface area is 129 Å². The van der Waals surface area contributed by atoms with Crippen LogP contribution in [0.5, 0.6) is 0 Å². The summed E-state index contributed by atoms with van der Waals surface area (Å²) < 4.78 is 0. The first kappa shape index (κ1) is 16.1. The zero-order valence-electron chi connectivity index (χ0n) is 12.5. The molecule has 0 radical (unpaired) electrons. The van der Waals surface area contributed by atoms with Crippen molar-refractivity contribution in [2.75, 3.05) is 26.2 Å². The van der Waals surface area contributed by atoms with E-state index < -0.39 is 0 Å². The molecule has 1 N–H and O–H groups in total. The molecule has 2 aliphatic heterocycles. The highest BCUT2D eigenvalue weighted by molar-refractivity contribution is 5.85. The third-order valence-corrected chi connectivity index (χ3v) is 5.56. The average molecular weight is 301 g/mol. The summed E-state index contributed by atoms with van der Waals surface area (Å²) in [5.74, 6) is 1.11. The lowest BCUT2D eigenvalue weighted by Gasteiger charge is -2.24. The number of carbonyl (C=O) groups is 1. The number of halogens is 1. The van der Waals surface area contributed by atoms with Crippen LogP contribution in [-0.4, -0.2) is 37.0 Å². The molecule has 116 valence electrons. The summed E-state index contributed by atoms with van der Waals surface area (Å²) >= 11 is 0. The molecule has 0 bridgehead atoms. The monoisotopic (exact) mass is 300 g/mol. The summed E-state index contributed by atoms with van der Waals surface area (Å²) in [6.07, 6.45) is 11.3. The van der Waals surface area contributed by atoms with Crippen molar-refractivity contribution in [3.8, 4) is 0 Å². The fourth-order valence-electron chi connectivity index (χ4n) is 4.24. The summed E-state index contributed by atoms with van der Waals surface area (Å²) in [7, 11) is 0. The maximum absolute atomic E-state index is 12.5. The third-order valence-electron chi connectivity index (χ3n) is 5.56. The molecule has 0 aromatic rings. The zero-order chi connectivity index (χ0) is 13.1. The standard InChI is InChI=1S/C16H28N2O.ClH/c19-15(11-14-5-3-1-2-4-6-14)18-10-8-16(13-18)7-9-17-12-16;/h14,17H,1-13H2;1H. The predicted octanol–water partition coefficient (Wildman–Crippen LogP) is 2.98. The summed E-state index contributed by atoms with van der Waals surface area (Å²) in [5.41, 5.74) is 0.430. The van der Waals surface area contributed by atoms with Gasteiger partial charge in [0.05, 0.1) is 0 Å². The van der Waals surface area contributed by atoms with Crippen LogP contribution in [0, 0.1) is 11.3 Å². The molecule has 0 aromatic heterocycles. The highest BCUT2D eigenvalue weighted by Gasteiger charge is 2.41. The Morgan fingerprint density at radius 3 is 2.55 bits per heavy atom. The van der Waals surface area contributed by atoms with Crippen LogP contribution in [0.3, 0.4) is 0 Å². The van der Waals surface area contributed by atoms with Crippen molar-refractivity contribution >= 4 is 18.3 Å². The minimum absolute atomic E-state index is 0. The molecule has 4 heteroatoms. The number of likely N-dealkylation sites (tertiary alicyclic amines) is 1. The van der Waals surface area contributed by atoms with E-state index in [4.69, 9.17) is 0 Å². The number of carbonyl (C=O) groups excluding carboxylic acids is 1. The first-order valence-corrected chi connectivity index (χ1v) is 8.26. The summed E-state index contributed by atoms with van der Waals surface area (Å²) in [6.45, 7) is 4.30. The van der Waals surface area contributed by atoms with Crippen LogP contribution in [0.1, 0.15) is 57.8 Å². The first-order chi connectivity index (χ1) is 9.27. The molecule has 1 spiro atoms. The zero-order valence-corrected chi connectivity index (χ0v) is 13.3. The quantitative estimate of drug-likeness (QED) is 0.795. The number of rotatable bonds is 2. The second-order valence-electron chi connectivity index (χ2n) is 7.05. The number of nitrogens with zero attached hydrogens (tertiary/aromatic N) is 1. The molecule has 1 saturated carbocycles. The molecule has 0 aromatic carbocycles. The highest BCUT2D eigenvalue weighted by atomic mass is 35.5. The predicted molar refractivity (Wildman–Crippen MR) is 84.2 cm³/mol. The van der Waals surface area contributed by atoms with Gasteiger partial charge in [-0.25, -0.2) is 0 Å². The normalized spacial score (nSPS) is 31.3. The second-order valence-corrected chi connectivity index (χ2v) is 7.05. The molecule has 3 rings (SSSR count). The van der Waals surface area contributed by atoms with E-state index in [0.29, 0.717) is 17.2 Å². The van der Waals surface area contributed by atoms with Crippen molar-refractivity contribution in [3.05, 3.63) is 0 Å². The summed E-state index contributed by atoms with van der Waals surface area (Å²) in [6, 6.07) is 0. The van der Waals surface area contributed by atoms with Gasteiger partial charge in [-0.05, 0) is 38.1 Å². The van der Waals surface area contributed by atoms with Crippen LogP contribution < -0.4 is 5.32 Å². The Bertz CT molecular complexity index is 320. The van der Waals surface area contributed by atoms with Crippen LogP contribution >= 0.6 is 12.4 Å². The van der Waals surface area contributed by atoms with Crippen molar-refractivity contribution in [3.63, 3.8) is 0 Å². The molecule has 2 heterocycles. The number of amides is 1. The van der Waals surface area contributed by atoms with Gasteiger partial charge in [0.15, 0.2) is 0 Å². The van der Waals surface area contributed by atoms with Gasteiger partial charge >= 0.3 is 0 Å². The maximum Gasteiger partial charge on any atom is 0.222 e. The largest absolute Gasteiger partial charge is 0.342 e. The Balaban J connectivity index is 0.00000147. The minimum Gasteiger partial charge on any atom is -0.342 e. The van der Waals surface area contributed by atoms with Crippen molar-refractivity contribution in [1.29, 1.82) is 0 Å². The average Bonchev–Trinajstić information content (AvgIpc) is 2.97. The van der Waals surface area contributed by atoms with Crippen LogP contribution in [0.2, 0.25) is 0 Å². The Kier molecular flexibility index (Phi) is 5.74. The smallest absolute Gasteiger partial charge is 0.222 e.